The molecule has 206 valence electrons. The van der Waals surface area contributed by atoms with Crippen molar-refractivity contribution in [2.45, 2.75) is 33.7 Å². The molecule has 1 aromatic heterocycles. The van der Waals surface area contributed by atoms with Crippen LogP contribution in [0.3, 0.4) is 0 Å². The van der Waals surface area contributed by atoms with Crippen LogP contribution in [-0.4, -0.2) is 54.4 Å². The normalized spacial score (nSPS) is 15.0. The molecular formula is C29H33N3O6S. The van der Waals surface area contributed by atoms with Crippen LogP contribution in [-0.2, 0) is 4.79 Å². The third-order valence-electron chi connectivity index (χ3n) is 6.62. The van der Waals surface area contributed by atoms with E-state index in [2.05, 4.69) is 0 Å². The Morgan fingerprint density at radius 3 is 2.49 bits per heavy atom. The summed E-state index contributed by atoms with van der Waals surface area (Å²) in [5, 5.41) is 10.1. The second-order valence-electron chi connectivity index (χ2n) is 8.83. The van der Waals surface area contributed by atoms with E-state index in [1.165, 1.54) is 17.4 Å². The molecule has 1 N–H and O–H groups in total. The lowest BCUT2D eigenvalue weighted by atomic mass is 9.93. The van der Waals surface area contributed by atoms with Crippen molar-refractivity contribution in [1.82, 2.24) is 9.47 Å². The van der Waals surface area contributed by atoms with Crippen molar-refractivity contribution in [2.24, 2.45) is 4.99 Å². The van der Waals surface area contributed by atoms with E-state index in [4.69, 9.17) is 19.2 Å². The molecule has 0 fully saturated rings. The van der Waals surface area contributed by atoms with Crippen LogP contribution in [0, 0.1) is 0 Å². The Morgan fingerprint density at radius 1 is 1.10 bits per heavy atom. The Hall–Kier alpha value is -4.05. The summed E-state index contributed by atoms with van der Waals surface area (Å²) in [5.41, 5.74) is 1.96. The van der Waals surface area contributed by atoms with E-state index in [0.29, 0.717) is 68.7 Å². The standard InChI is InChI=1S/C29H33N3O6S/c1-7-31(8-2)28(35)25-17(4)30-29-32(26(25)20-16-19(36-5)11-13-22(20)37-6)27(34)24(39-29)15-18-10-12-21(33)23(14-18)38-9-3/h10-16,26,33H,7-9H2,1-6H3/b24-15+/t26-/m0/s1. The first-order valence-corrected chi connectivity index (χ1v) is 13.6. The number of benzene rings is 2. The molecule has 9 nitrogen and oxygen atoms in total. The third-order valence-corrected chi connectivity index (χ3v) is 7.60. The number of hydrogen-bond donors (Lipinski definition) is 1. The predicted molar refractivity (Wildman–Crippen MR) is 151 cm³/mol. The van der Waals surface area contributed by atoms with Crippen LogP contribution in [0.15, 0.2) is 57.5 Å². The number of methoxy groups -OCH3 is 2. The third kappa shape index (κ3) is 5.29. The van der Waals surface area contributed by atoms with Gasteiger partial charge >= 0.3 is 0 Å². The predicted octanol–water partition coefficient (Wildman–Crippen LogP) is 3.23. The average molecular weight is 552 g/mol. The minimum Gasteiger partial charge on any atom is -0.504 e. The first kappa shape index (κ1) is 28.0. The minimum absolute atomic E-state index is 0.0239. The Kier molecular flexibility index (Phi) is 8.44. The highest BCUT2D eigenvalue weighted by Gasteiger charge is 2.36. The second kappa shape index (κ2) is 11.8. The number of nitrogens with zero attached hydrogens (tertiary/aromatic N) is 3. The van der Waals surface area contributed by atoms with Crippen molar-refractivity contribution in [3.05, 3.63) is 78.5 Å². The van der Waals surface area contributed by atoms with Gasteiger partial charge in [0.2, 0.25) is 0 Å². The van der Waals surface area contributed by atoms with E-state index in [1.807, 2.05) is 20.8 Å². The number of rotatable bonds is 9. The number of aromatic hydroxyl groups is 1. The quantitative estimate of drug-likeness (QED) is 0.438. The van der Waals surface area contributed by atoms with E-state index in [-0.39, 0.29) is 17.2 Å². The first-order valence-electron chi connectivity index (χ1n) is 12.8. The summed E-state index contributed by atoms with van der Waals surface area (Å²) >= 11 is 1.23. The monoisotopic (exact) mass is 551 g/mol. The Morgan fingerprint density at radius 2 is 1.85 bits per heavy atom. The number of fused-ring (bicyclic) bond motifs is 1. The molecule has 3 aromatic rings. The Balaban J connectivity index is 2.00. The molecule has 0 saturated carbocycles. The first-order chi connectivity index (χ1) is 18.8. The zero-order valence-corrected chi connectivity index (χ0v) is 23.8. The number of carbonyl (C=O) groups excluding carboxylic acids is 1. The van der Waals surface area contributed by atoms with Gasteiger partial charge in [0.1, 0.15) is 17.5 Å². The number of amides is 1. The topological polar surface area (TPSA) is 103 Å². The number of phenolic OH excluding ortho intramolecular Hbond substituents is 1. The molecule has 1 amide bonds. The van der Waals surface area contributed by atoms with Crippen LogP contribution >= 0.6 is 11.3 Å². The molecule has 0 bridgehead atoms. The molecule has 1 aliphatic heterocycles. The van der Waals surface area contributed by atoms with Crippen molar-refractivity contribution in [3.63, 3.8) is 0 Å². The highest BCUT2D eigenvalue weighted by molar-refractivity contribution is 7.07. The molecule has 0 saturated heterocycles. The van der Waals surface area contributed by atoms with Crippen LogP contribution < -0.4 is 29.1 Å². The summed E-state index contributed by atoms with van der Waals surface area (Å²) in [6.45, 7) is 8.88. The van der Waals surface area contributed by atoms with Gasteiger partial charge in [-0.3, -0.25) is 14.2 Å². The average Bonchev–Trinajstić information content (AvgIpc) is 3.24. The fourth-order valence-electron chi connectivity index (χ4n) is 4.67. The lowest BCUT2D eigenvalue weighted by molar-refractivity contribution is -0.127. The van der Waals surface area contributed by atoms with E-state index >= 15 is 0 Å². The van der Waals surface area contributed by atoms with Gasteiger partial charge in [0, 0.05) is 18.7 Å². The van der Waals surface area contributed by atoms with E-state index < -0.39 is 6.04 Å². The smallest absolute Gasteiger partial charge is 0.271 e. The lowest BCUT2D eigenvalue weighted by Gasteiger charge is -2.30. The van der Waals surface area contributed by atoms with Crippen LogP contribution in [0.1, 0.15) is 44.9 Å². The number of ether oxygens (including phenoxy) is 3. The van der Waals surface area contributed by atoms with Gasteiger partial charge in [-0.1, -0.05) is 17.4 Å². The van der Waals surface area contributed by atoms with Crippen molar-refractivity contribution in [2.75, 3.05) is 33.9 Å². The molecule has 10 heteroatoms. The summed E-state index contributed by atoms with van der Waals surface area (Å²) in [6, 6.07) is 9.48. The summed E-state index contributed by atoms with van der Waals surface area (Å²) in [6.07, 6.45) is 1.73. The van der Waals surface area contributed by atoms with Gasteiger partial charge < -0.3 is 24.2 Å². The zero-order chi connectivity index (χ0) is 28.3. The van der Waals surface area contributed by atoms with Crippen molar-refractivity contribution < 1.29 is 24.1 Å². The zero-order valence-electron chi connectivity index (χ0n) is 23.0. The minimum atomic E-state index is -0.777. The van der Waals surface area contributed by atoms with Crippen LogP contribution in [0.4, 0.5) is 0 Å². The van der Waals surface area contributed by atoms with Gasteiger partial charge in [0.25, 0.3) is 11.5 Å². The fourth-order valence-corrected chi connectivity index (χ4v) is 5.71. The van der Waals surface area contributed by atoms with Crippen LogP contribution in [0.25, 0.3) is 6.08 Å². The van der Waals surface area contributed by atoms with Gasteiger partial charge in [0.05, 0.1) is 36.6 Å². The van der Waals surface area contributed by atoms with E-state index in [0.717, 1.165) is 0 Å². The SMILES string of the molecule is CCOc1cc(/C=c2/sc3n(c2=O)[C@@H](c2cc(OC)ccc2OC)C(C(=O)N(CC)CC)=C(C)N=3)ccc1O. The summed E-state index contributed by atoms with van der Waals surface area (Å²) in [4.78, 5) is 34.7. The van der Waals surface area contributed by atoms with Gasteiger partial charge in [0.15, 0.2) is 16.3 Å². The molecule has 1 aliphatic rings. The van der Waals surface area contributed by atoms with Crippen molar-refractivity contribution in [3.8, 4) is 23.0 Å². The Bertz CT molecular complexity index is 1600. The number of carbonyl (C=O) groups is 1. The Labute approximate surface area is 230 Å². The maximum Gasteiger partial charge on any atom is 0.271 e. The fraction of sp³-hybridized carbons (Fsp3) is 0.345. The highest BCUT2D eigenvalue weighted by atomic mass is 32.1. The molecule has 2 heterocycles. The number of thiazole rings is 1. The van der Waals surface area contributed by atoms with Gasteiger partial charge in [-0.2, -0.15) is 0 Å². The largest absolute Gasteiger partial charge is 0.504 e. The van der Waals surface area contributed by atoms with E-state index in [1.54, 1.807) is 67.0 Å². The number of allylic oxidation sites excluding steroid dienone is 1. The van der Waals surface area contributed by atoms with Crippen molar-refractivity contribution in [1.29, 1.82) is 0 Å². The molecule has 1 atom stereocenters. The van der Waals surface area contributed by atoms with Crippen LogP contribution in [0.2, 0.25) is 0 Å². The summed E-state index contributed by atoms with van der Waals surface area (Å²) in [5.74, 6) is 1.27. The second-order valence-corrected chi connectivity index (χ2v) is 9.84. The van der Waals surface area contributed by atoms with Gasteiger partial charge in [-0.25, -0.2) is 4.99 Å². The molecule has 0 unspecified atom stereocenters. The van der Waals surface area contributed by atoms with E-state index in [9.17, 15) is 14.7 Å². The molecular weight excluding hydrogens is 518 g/mol. The van der Waals surface area contributed by atoms with Gasteiger partial charge in [-0.05, 0) is 69.7 Å². The molecule has 0 radical (unpaired) electrons. The molecule has 0 spiro atoms. The summed E-state index contributed by atoms with van der Waals surface area (Å²) in [7, 11) is 3.12. The molecule has 0 aliphatic carbocycles. The number of phenols is 1. The maximum absolute atomic E-state index is 14.0. The summed E-state index contributed by atoms with van der Waals surface area (Å²) < 4.78 is 18.7. The number of hydrogen-bond acceptors (Lipinski definition) is 8. The maximum atomic E-state index is 14.0. The van der Waals surface area contributed by atoms with Gasteiger partial charge in [-0.15, -0.1) is 0 Å². The lowest BCUT2D eigenvalue weighted by Crippen LogP contribution is -2.43. The molecule has 2 aromatic carbocycles. The van der Waals surface area contributed by atoms with Crippen LogP contribution in [0.5, 0.6) is 23.0 Å². The van der Waals surface area contributed by atoms with Crippen molar-refractivity contribution >= 4 is 23.3 Å². The highest BCUT2D eigenvalue weighted by Crippen LogP contribution is 2.38. The molecule has 39 heavy (non-hydrogen) atoms. The number of likely N-dealkylation sites (N-methyl/N-ethyl adjacent to an activating group) is 1. The molecule has 4 rings (SSSR count). The number of aromatic nitrogens is 1.